The van der Waals surface area contributed by atoms with E-state index < -0.39 is 21.7 Å². The zero-order valence-electron chi connectivity index (χ0n) is 13.9. The van der Waals surface area contributed by atoms with Crippen molar-refractivity contribution in [3.8, 4) is 0 Å². The molecular weight excluding hydrogens is 330 g/mol. The fourth-order valence-electron chi connectivity index (χ4n) is 2.62. The minimum Gasteiger partial charge on any atom is -0.456 e. The Morgan fingerprint density at radius 1 is 1.25 bits per heavy atom. The first kappa shape index (κ1) is 18.4. The number of sulfone groups is 1. The van der Waals surface area contributed by atoms with Crippen LogP contribution in [0.25, 0.3) is 0 Å². The molecule has 6 nitrogen and oxygen atoms in total. The molecule has 0 saturated carbocycles. The van der Waals surface area contributed by atoms with Gasteiger partial charge in [-0.15, -0.1) is 0 Å². The first-order valence-corrected chi connectivity index (χ1v) is 9.83. The largest absolute Gasteiger partial charge is 0.456 e. The van der Waals surface area contributed by atoms with Crippen LogP contribution in [-0.4, -0.2) is 38.4 Å². The number of esters is 1. The zero-order chi connectivity index (χ0) is 17.7. The molecule has 24 heavy (non-hydrogen) atoms. The van der Waals surface area contributed by atoms with Crippen molar-refractivity contribution in [3.63, 3.8) is 0 Å². The molecule has 0 unspecified atom stereocenters. The summed E-state index contributed by atoms with van der Waals surface area (Å²) in [7, 11) is -3.01. The van der Waals surface area contributed by atoms with Crippen LogP contribution in [-0.2, 0) is 24.2 Å². The third-order valence-electron chi connectivity index (χ3n) is 4.01. The van der Waals surface area contributed by atoms with E-state index in [0.717, 1.165) is 0 Å². The van der Waals surface area contributed by atoms with Crippen LogP contribution in [0.2, 0.25) is 0 Å². The van der Waals surface area contributed by atoms with E-state index in [4.69, 9.17) is 4.74 Å². The minimum atomic E-state index is -3.01. The molecule has 1 amide bonds. The van der Waals surface area contributed by atoms with E-state index in [0.29, 0.717) is 18.0 Å². The normalized spacial score (nSPS) is 19.2. The maximum absolute atomic E-state index is 11.8. The lowest BCUT2D eigenvalue weighted by molar-refractivity contribution is -0.148. The van der Waals surface area contributed by atoms with Crippen molar-refractivity contribution >= 4 is 27.4 Å². The van der Waals surface area contributed by atoms with Gasteiger partial charge in [-0.3, -0.25) is 9.59 Å². The SMILES string of the molecule is CC(C)c1ccc(NC(=O)COC(=O)C[C@H]2CCS(=O)(=O)C2)cc1. The van der Waals surface area contributed by atoms with Crippen LogP contribution in [0, 0.1) is 5.92 Å². The van der Waals surface area contributed by atoms with Gasteiger partial charge in [-0.1, -0.05) is 26.0 Å². The lowest BCUT2D eigenvalue weighted by atomic mass is 10.0. The Balaban J connectivity index is 1.73. The highest BCUT2D eigenvalue weighted by atomic mass is 32.2. The van der Waals surface area contributed by atoms with E-state index in [1.165, 1.54) is 5.56 Å². The molecule has 1 N–H and O–H groups in total. The van der Waals surface area contributed by atoms with E-state index >= 15 is 0 Å². The highest BCUT2D eigenvalue weighted by Crippen LogP contribution is 2.22. The van der Waals surface area contributed by atoms with Crippen molar-refractivity contribution in [2.75, 3.05) is 23.4 Å². The molecule has 1 fully saturated rings. The molecule has 0 radical (unpaired) electrons. The minimum absolute atomic E-state index is 0.0243. The molecule has 0 spiro atoms. The lowest BCUT2D eigenvalue weighted by Gasteiger charge is -2.10. The van der Waals surface area contributed by atoms with Crippen molar-refractivity contribution in [2.45, 2.75) is 32.6 Å². The molecule has 1 saturated heterocycles. The smallest absolute Gasteiger partial charge is 0.306 e. The quantitative estimate of drug-likeness (QED) is 0.791. The number of carbonyl (C=O) groups excluding carboxylic acids is 2. The topological polar surface area (TPSA) is 89.5 Å². The lowest BCUT2D eigenvalue weighted by Crippen LogP contribution is -2.22. The summed E-state index contributed by atoms with van der Waals surface area (Å²) in [4.78, 5) is 23.5. The van der Waals surface area contributed by atoms with Gasteiger partial charge in [0.15, 0.2) is 16.4 Å². The monoisotopic (exact) mass is 353 g/mol. The number of nitrogens with one attached hydrogen (secondary N) is 1. The van der Waals surface area contributed by atoms with Gasteiger partial charge in [0, 0.05) is 12.1 Å². The van der Waals surface area contributed by atoms with Crippen molar-refractivity contribution in [1.29, 1.82) is 0 Å². The number of hydrogen-bond acceptors (Lipinski definition) is 5. The van der Waals surface area contributed by atoms with Gasteiger partial charge in [0.25, 0.3) is 5.91 Å². The summed E-state index contributed by atoms with van der Waals surface area (Å²) >= 11 is 0. The van der Waals surface area contributed by atoms with Gasteiger partial charge in [0.2, 0.25) is 0 Å². The Morgan fingerprint density at radius 2 is 1.92 bits per heavy atom. The van der Waals surface area contributed by atoms with Gasteiger partial charge in [0.05, 0.1) is 11.5 Å². The van der Waals surface area contributed by atoms with Crippen LogP contribution in [0.3, 0.4) is 0 Å². The van der Waals surface area contributed by atoms with Gasteiger partial charge in [-0.25, -0.2) is 8.42 Å². The van der Waals surface area contributed by atoms with Crippen molar-refractivity contribution in [1.82, 2.24) is 0 Å². The summed E-state index contributed by atoms with van der Waals surface area (Å²) in [6.45, 7) is 3.80. The first-order chi connectivity index (χ1) is 11.2. The van der Waals surface area contributed by atoms with Crippen molar-refractivity contribution in [2.24, 2.45) is 5.92 Å². The molecule has 1 atom stereocenters. The fraction of sp³-hybridized carbons (Fsp3) is 0.529. The second-order valence-electron chi connectivity index (χ2n) is 6.46. The Kier molecular flexibility index (Phi) is 5.99. The molecule has 0 aromatic heterocycles. The van der Waals surface area contributed by atoms with Gasteiger partial charge >= 0.3 is 5.97 Å². The van der Waals surface area contributed by atoms with Gasteiger partial charge < -0.3 is 10.1 Å². The van der Waals surface area contributed by atoms with Gasteiger partial charge in [-0.2, -0.15) is 0 Å². The van der Waals surface area contributed by atoms with E-state index in [1.54, 1.807) is 12.1 Å². The van der Waals surface area contributed by atoms with Crippen LogP contribution >= 0.6 is 0 Å². The predicted molar refractivity (Wildman–Crippen MR) is 91.5 cm³/mol. The molecule has 1 aliphatic heterocycles. The van der Waals surface area contributed by atoms with Crippen LogP contribution < -0.4 is 5.32 Å². The number of rotatable bonds is 6. The van der Waals surface area contributed by atoms with Crippen LogP contribution in [0.4, 0.5) is 5.69 Å². The fourth-order valence-corrected chi connectivity index (χ4v) is 4.48. The predicted octanol–water partition coefficient (Wildman–Crippen LogP) is 2.12. The Morgan fingerprint density at radius 3 is 2.46 bits per heavy atom. The number of amides is 1. The zero-order valence-corrected chi connectivity index (χ0v) is 14.8. The van der Waals surface area contributed by atoms with E-state index in [-0.39, 0.29) is 30.5 Å². The number of anilines is 1. The summed E-state index contributed by atoms with van der Waals surface area (Å²) in [5, 5.41) is 2.66. The van der Waals surface area contributed by atoms with Crippen LogP contribution in [0.5, 0.6) is 0 Å². The van der Waals surface area contributed by atoms with E-state index in [1.807, 2.05) is 12.1 Å². The number of ether oxygens (including phenoxy) is 1. The molecule has 0 aliphatic carbocycles. The highest BCUT2D eigenvalue weighted by molar-refractivity contribution is 7.91. The summed E-state index contributed by atoms with van der Waals surface area (Å²) in [6.07, 6.45) is 0.515. The molecule has 132 valence electrons. The number of carbonyl (C=O) groups is 2. The Labute approximate surface area is 142 Å². The third-order valence-corrected chi connectivity index (χ3v) is 5.84. The average molecular weight is 353 g/mol. The molecule has 1 heterocycles. The third kappa shape index (κ3) is 5.63. The summed E-state index contributed by atoms with van der Waals surface area (Å²) in [5.74, 6) is -0.597. The van der Waals surface area contributed by atoms with Gasteiger partial charge in [-0.05, 0) is 36.0 Å². The maximum atomic E-state index is 11.8. The van der Waals surface area contributed by atoms with E-state index in [2.05, 4.69) is 19.2 Å². The first-order valence-electron chi connectivity index (χ1n) is 8.01. The summed E-state index contributed by atoms with van der Waals surface area (Å²) < 4.78 is 27.6. The maximum Gasteiger partial charge on any atom is 0.306 e. The molecule has 2 rings (SSSR count). The van der Waals surface area contributed by atoms with Crippen molar-refractivity contribution in [3.05, 3.63) is 29.8 Å². The van der Waals surface area contributed by atoms with Crippen LogP contribution in [0.1, 0.15) is 38.2 Å². The summed E-state index contributed by atoms with van der Waals surface area (Å²) in [5.41, 5.74) is 1.81. The molecule has 0 bridgehead atoms. The van der Waals surface area contributed by atoms with E-state index in [9.17, 15) is 18.0 Å². The van der Waals surface area contributed by atoms with Crippen molar-refractivity contribution < 1.29 is 22.7 Å². The standard InChI is InChI=1S/C17H23NO5S/c1-12(2)14-3-5-15(6-4-14)18-16(19)10-23-17(20)9-13-7-8-24(21,22)11-13/h3-6,12-13H,7-11H2,1-2H3,(H,18,19)/t13-/m1/s1. The molecule has 7 heteroatoms. The molecule has 1 aromatic carbocycles. The second kappa shape index (κ2) is 7.79. The second-order valence-corrected chi connectivity index (χ2v) is 8.69. The molecular formula is C17H23NO5S. The highest BCUT2D eigenvalue weighted by Gasteiger charge is 2.29. The molecule has 1 aromatic rings. The molecule has 1 aliphatic rings. The van der Waals surface area contributed by atoms with Gasteiger partial charge in [0.1, 0.15) is 0 Å². The Hall–Kier alpha value is -1.89. The number of benzene rings is 1. The number of hydrogen-bond donors (Lipinski definition) is 1. The summed E-state index contributed by atoms with van der Waals surface area (Å²) in [6, 6.07) is 7.48. The average Bonchev–Trinajstić information content (AvgIpc) is 2.84. The Bertz CT molecular complexity index is 694. The van der Waals surface area contributed by atoms with Crippen LogP contribution in [0.15, 0.2) is 24.3 Å².